The number of hydrogen-bond donors (Lipinski definition) is 3. The van der Waals surface area contributed by atoms with Crippen LogP contribution in [0.15, 0.2) is 24.3 Å². The Morgan fingerprint density at radius 1 is 1.30 bits per heavy atom. The highest BCUT2D eigenvalue weighted by atomic mass is 16.1. The molecular formula is C15H20N4O. The summed E-state index contributed by atoms with van der Waals surface area (Å²) in [5, 5.41) is 13.2. The van der Waals surface area contributed by atoms with Crippen molar-refractivity contribution in [3.05, 3.63) is 46.8 Å². The van der Waals surface area contributed by atoms with Gasteiger partial charge in [0.05, 0.1) is 12.1 Å². The summed E-state index contributed by atoms with van der Waals surface area (Å²) in [6.07, 6.45) is 0.378. The van der Waals surface area contributed by atoms with Crippen molar-refractivity contribution < 1.29 is 4.79 Å². The lowest BCUT2D eigenvalue weighted by molar-refractivity contribution is -0.119. The highest BCUT2D eigenvalue weighted by Crippen LogP contribution is 2.18. The molecule has 0 spiro atoms. The van der Waals surface area contributed by atoms with Gasteiger partial charge in [-0.1, -0.05) is 18.2 Å². The van der Waals surface area contributed by atoms with Gasteiger partial charge in [0, 0.05) is 30.5 Å². The van der Waals surface area contributed by atoms with E-state index < -0.39 is 0 Å². The standard InChI is InChI=1S/C15H20N4O/c1-10-13(11(2)19-18-10)9-17-14-7-5-4-6-12(14)8-15(20)16-3/h4-7,17H,8-9H2,1-3H3,(H,16,20)(H,18,19). The largest absolute Gasteiger partial charge is 0.381 e. The lowest BCUT2D eigenvalue weighted by Crippen LogP contribution is -2.20. The highest BCUT2D eigenvalue weighted by molar-refractivity contribution is 5.80. The lowest BCUT2D eigenvalue weighted by Gasteiger charge is -2.11. The molecular weight excluding hydrogens is 252 g/mol. The zero-order valence-electron chi connectivity index (χ0n) is 12.1. The lowest BCUT2D eigenvalue weighted by atomic mass is 10.1. The van der Waals surface area contributed by atoms with Gasteiger partial charge in [-0.3, -0.25) is 9.89 Å². The highest BCUT2D eigenvalue weighted by Gasteiger charge is 2.09. The van der Waals surface area contributed by atoms with Crippen LogP contribution in [0.2, 0.25) is 0 Å². The number of amides is 1. The number of aromatic nitrogens is 2. The monoisotopic (exact) mass is 272 g/mol. The van der Waals surface area contributed by atoms with E-state index in [1.165, 1.54) is 5.56 Å². The zero-order valence-corrected chi connectivity index (χ0v) is 12.1. The third kappa shape index (κ3) is 3.17. The van der Waals surface area contributed by atoms with Gasteiger partial charge in [0.15, 0.2) is 0 Å². The maximum Gasteiger partial charge on any atom is 0.224 e. The van der Waals surface area contributed by atoms with Crippen molar-refractivity contribution in [3.63, 3.8) is 0 Å². The minimum absolute atomic E-state index is 0.00919. The Balaban J connectivity index is 2.11. The van der Waals surface area contributed by atoms with E-state index in [0.29, 0.717) is 13.0 Å². The third-order valence-corrected chi connectivity index (χ3v) is 3.38. The second kappa shape index (κ2) is 6.23. The Morgan fingerprint density at radius 3 is 2.70 bits per heavy atom. The Kier molecular flexibility index (Phi) is 4.40. The molecule has 2 aromatic rings. The first-order valence-electron chi connectivity index (χ1n) is 6.64. The molecule has 0 saturated heterocycles. The van der Waals surface area contributed by atoms with Crippen LogP contribution in [0.25, 0.3) is 0 Å². The predicted octanol–water partition coefficient (Wildman–Crippen LogP) is 1.93. The van der Waals surface area contributed by atoms with Crippen molar-refractivity contribution in [2.24, 2.45) is 0 Å². The first-order valence-corrected chi connectivity index (χ1v) is 6.64. The van der Waals surface area contributed by atoms with Crippen molar-refractivity contribution in [1.82, 2.24) is 15.5 Å². The summed E-state index contributed by atoms with van der Waals surface area (Å²) >= 11 is 0. The zero-order chi connectivity index (χ0) is 14.5. The molecule has 0 bridgehead atoms. The second-order valence-corrected chi connectivity index (χ2v) is 4.77. The number of nitrogens with zero attached hydrogens (tertiary/aromatic N) is 1. The number of H-pyrrole nitrogens is 1. The van der Waals surface area contributed by atoms with Gasteiger partial charge in [0.25, 0.3) is 0 Å². The van der Waals surface area contributed by atoms with Crippen LogP contribution in [-0.4, -0.2) is 23.2 Å². The van der Waals surface area contributed by atoms with Gasteiger partial charge >= 0.3 is 0 Å². The fraction of sp³-hybridized carbons (Fsp3) is 0.333. The van der Waals surface area contributed by atoms with E-state index in [4.69, 9.17) is 0 Å². The minimum Gasteiger partial charge on any atom is -0.381 e. The van der Waals surface area contributed by atoms with Gasteiger partial charge in [-0.15, -0.1) is 0 Å². The summed E-state index contributed by atoms with van der Waals surface area (Å²) in [4.78, 5) is 11.5. The van der Waals surface area contributed by atoms with E-state index in [-0.39, 0.29) is 5.91 Å². The van der Waals surface area contributed by atoms with Crippen LogP contribution in [-0.2, 0) is 17.8 Å². The molecule has 106 valence electrons. The maximum absolute atomic E-state index is 11.5. The Morgan fingerprint density at radius 2 is 2.05 bits per heavy atom. The van der Waals surface area contributed by atoms with E-state index in [1.807, 2.05) is 38.1 Å². The number of aryl methyl sites for hydroxylation is 2. The van der Waals surface area contributed by atoms with Crippen molar-refractivity contribution >= 4 is 11.6 Å². The first-order chi connectivity index (χ1) is 9.61. The topological polar surface area (TPSA) is 69.8 Å². The Labute approximate surface area is 118 Å². The number of aromatic amines is 1. The molecule has 5 heteroatoms. The molecule has 20 heavy (non-hydrogen) atoms. The molecule has 3 N–H and O–H groups in total. The van der Waals surface area contributed by atoms with E-state index >= 15 is 0 Å². The summed E-state index contributed by atoms with van der Waals surface area (Å²) in [6.45, 7) is 4.68. The Hall–Kier alpha value is -2.30. The van der Waals surface area contributed by atoms with Crippen molar-refractivity contribution in [1.29, 1.82) is 0 Å². The van der Waals surface area contributed by atoms with Crippen LogP contribution in [0, 0.1) is 13.8 Å². The number of hydrogen-bond acceptors (Lipinski definition) is 3. The summed E-state index contributed by atoms with van der Waals surface area (Å²) in [6, 6.07) is 7.86. The van der Waals surface area contributed by atoms with Gasteiger partial charge in [-0.2, -0.15) is 5.10 Å². The molecule has 0 atom stereocenters. The molecule has 1 amide bonds. The number of carbonyl (C=O) groups excluding carboxylic acids is 1. The number of para-hydroxylation sites is 1. The van der Waals surface area contributed by atoms with Crippen molar-refractivity contribution in [2.45, 2.75) is 26.8 Å². The van der Waals surface area contributed by atoms with Crippen molar-refractivity contribution in [2.75, 3.05) is 12.4 Å². The molecule has 5 nitrogen and oxygen atoms in total. The quantitative estimate of drug-likeness (QED) is 0.779. The number of likely N-dealkylation sites (N-methyl/N-ethyl adjacent to an activating group) is 1. The second-order valence-electron chi connectivity index (χ2n) is 4.77. The number of benzene rings is 1. The van der Waals surface area contributed by atoms with Gasteiger partial charge < -0.3 is 10.6 Å². The van der Waals surface area contributed by atoms with Gasteiger partial charge in [0.1, 0.15) is 0 Å². The average molecular weight is 272 g/mol. The van der Waals surface area contributed by atoms with Crippen LogP contribution < -0.4 is 10.6 Å². The first kappa shape index (κ1) is 14.1. The maximum atomic E-state index is 11.5. The number of carbonyl (C=O) groups is 1. The third-order valence-electron chi connectivity index (χ3n) is 3.38. The predicted molar refractivity (Wildman–Crippen MR) is 79.6 cm³/mol. The molecule has 1 aromatic heterocycles. The summed E-state index contributed by atoms with van der Waals surface area (Å²) < 4.78 is 0. The summed E-state index contributed by atoms with van der Waals surface area (Å²) in [5.41, 5.74) is 5.21. The molecule has 0 aliphatic rings. The van der Waals surface area contributed by atoms with Crippen LogP contribution in [0.1, 0.15) is 22.5 Å². The van der Waals surface area contributed by atoms with E-state index in [1.54, 1.807) is 7.05 Å². The molecule has 0 saturated carbocycles. The molecule has 1 heterocycles. The van der Waals surface area contributed by atoms with Crippen LogP contribution in [0.3, 0.4) is 0 Å². The van der Waals surface area contributed by atoms with E-state index in [2.05, 4.69) is 20.8 Å². The van der Waals surface area contributed by atoms with Gasteiger partial charge in [-0.05, 0) is 25.5 Å². The molecule has 0 aliphatic carbocycles. The van der Waals surface area contributed by atoms with Crippen molar-refractivity contribution in [3.8, 4) is 0 Å². The Bertz CT molecular complexity index is 584. The molecule has 1 aromatic carbocycles. The van der Waals surface area contributed by atoms with Crippen LogP contribution in [0.4, 0.5) is 5.69 Å². The van der Waals surface area contributed by atoms with Crippen LogP contribution >= 0.6 is 0 Å². The van der Waals surface area contributed by atoms with E-state index in [0.717, 1.165) is 22.6 Å². The molecule has 0 aliphatic heterocycles. The summed E-state index contributed by atoms with van der Waals surface area (Å²) in [7, 11) is 1.65. The average Bonchev–Trinajstić information content (AvgIpc) is 2.77. The molecule has 0 radical (unpaired) electrons. The fourth-order valence-electron chi connectivity index (χ4n) is 2.13. The normalized spacial score (nSPS) is 10.3. The minimum atomic E-state index is 0.00919. The van der Waals surface area contributed by atoms with Gasteiger partial charge in [0.2, 0.25) is 5.91 Å². The van der Waals surface area contributed by atoms with E-state index in [9.17, 15) is 4.79 Å². The molecule has 2 rings (SSSR count). The number of rotatable bonds is 5. The number of nitrogens with one attached hydrogen (secondary N) is 3. The fourth-order valence-corrected chi connectivity index (χ4v) is 2.13. The SMILES string of the molecule is CNC(=O)Cc1ccccc1NCc1c(C)n[nH]c1C. The van der Waals surface area contributed by atoms with Gasteiger partial charge in [-0.25, -0.2) is 0 Å². The molecule has 0 fully saturated rings. The summed E-state index contributed by atoms with van der Waals surface area (Å²) in [5.74, 6) is 0.00919. The molecule has 0 unspecified atom stereocenters. The van der Waals surface area contributed by atoms with Crippen LogP contribution in [0.5, 0.6) is 0 Å². The smallest absolute Gasteiger partial charge is 0.224 e. The number of anilines is 1.